The maximum Gasteiger partial charge on any atom is 0.303 e. The van der Waals surface area contributed by atoms with Gasteiger partial charge in [-0.25, -0.2) is 13.1 Å². The molecule has 0 bridgehead atoms. The summed E-state index contributed by atoms with van der Waals surface area (Å²) in [7, 11) is -3.15. The maximum absolute atomic E-state index is 11.6. The monoisotopic (exact) mass is 293 g/mol. The van der Waals surface area contributed by atoms with Crippen LogP contribution in [0.25, 0.3) is 0 Å². The van der Waals surface area contributed by atoms with Crippen LogP contribution < -0.4 is 4.72 Å². The zero-order chi connectivity index (χ0) is 14.7. The predicted molar refractivity (Wildman–Crippen MR) is 76.6 cm³/mol. The molecule has 114 valence electrons. The number of hydrogen-bond donors (Lipinski definition) is 2. The van der Waals surface area contributed by atoms with Gasteiger partial charge in [0.15, 0.2) is 0 Å². The second-order valence-electron chi connectivity index (χ2n) is 4.94. The predicted octanol–water partition coefficient (Wildman–Crippen LogP) is 2.38. The van der Waals surface area contributed by atoms with Crippen molar-refractivity contribution in [3.05, 3.63) is 0 Å². The average Bonchev–Trinajstić information content (AvgIpc) is 2.33. The molecule has 5 nitrogen and oxygen atoms in total. The Kier molecular flexibility index (Phi) is 9.87. The highest BCUT2D eigenvalue weighted by Crippen LogP contribution is 2.17. The van der Waals surface area contributed by atoms with Crippen LogP contribution in [-0.4, -0.2) is 31.8 Å². The minimum Gasteiger partial charge on any atom is -0.481 e. The Morgan fingerprint density at radius 2 is 1.84 bits per heavy atom. The third-order valence-electron chi connectivity index (χ3n) is 3.10. The number of rotatable bonds is 12. The Hall–Kier alpha value is -0.620. The van der Waals surface area contributed by atoms with E-state index in [2.05, 4.69) is 11.6 Å². The lowest BCUT2D eigenvalue weighted by molar-refractivity contribution is -0.137. The quantitative estimate of drug-likeness (QED) is 0.578. The molecule has 1 unspecified atom stereocenters. The van der Waals surface area contributed by atoms with E-state index in [1.807, 2.05) is 6.92 Å². The molecule has 0 aliphatic rings. The van der Waals surface area contributed by atoms with Gasteiger partial charge in [-0.05, 0) is 25.2 Å². The summed E-state index contributed by atoms with van der Waals surface area (Å²) < 4.78 is 25.8. The van der Waals surface area contributed by atoms with Gasteiger partial charge in [-0.2, -0.15) is 0 Å². The van der Waals surface area contributed by atoms with Crippen molar-refractivity contribution in [3.8, 4) is 0 Å². The summed E-state index contributed by atoms with van der Waals surface area (Å²) in [6.45, 7) is 4.42. The standard InChI is InChI=1S/C13H27NO4S/c1-3-5-11-19(17,18)14-10-9-12(6-4-2)7-8-13(15)16/h12,14H,3-11H2,1-2H3,(H,15,16). The van der Waals surface area contributed by atoms with Gasteiger partial charge in [-0.3, -0.25) is 4.79 Å². The van der Waals surface area contributed by atoms with Crippen molar-refractivity contribution < 1.29 is 18.3 Å². The zero-order valence-electron chi connectivity index (χ0n) is 12.0. The van der Waals surface area contributed by atoms with E-state index in [-0.39, 0.29) is 18.1 Å². The third kappa shape index (κ3) is 10.9. The van der Waals surface area contributed by atoms with E-state index in [1.54, 1.807) is 0 Å². The molecule has 1 atom stereocenters. The van der Waals surface area contributed by atoms with Crippen molar-refractivity contribution in [1.29, 1.82) is 0 Å². The van der Waals surface area contributed by atoms with Crippen LogP contribution in [0.1, 0.15) is 58.8 Å². The summed E-state index contributed by atoms with van der Waals surface area (Å²) >= 11 is 0. The van der Waals surface area contributed by atoms with E-state index in [1.165, 1.54) is 0 Å². The maximum atomic E-state index is 11.6. The number of hydrogen-bond acceptors (Lipinski definition) is 3. The summed E-state index contributed by atoms with van der Waals surface area (Å²) in [5, 5.41) is 8.67. The number of carboxylic acids is 1. The Balaban J connectivity index is 4.00. The molecular formula is C13H27NO4S. The van der Waals surface area contributed by atoms with Crippen LogP contribution >= 0.6 is 0 Å². The van der Waals surface area contributed by atoms with Crippen molar-refractivity contribution in [2.75, 3.05) is 12.3 Å². The molecule has 0 aliphatic heterocycles. The van der Waals surface area contributed by atoms with E-state index < -0.39 is 16.0 Å². The first-order valence-corrected chi connectivity index (χ1v) is 8.75. The Morgan fingerprint density at radius 3 is 2.37 bits per heavy atom. The number of carboxylic acid groups (broad SMARTS) is 1. The third-order valence-corrected chi connectivity index (χ3v) is 4.57. The molecule has 0 aromatic rings. The minimum atomic E-state index is -3.15. The molecule has 2 N–H and O–H groups in total. The summed E-state index contributed by atoms with van der Waals surface area (Å²) in [5.41, 5.74) is 0. The highest BCUT2D eigenvalue weighted by Gasteiger charge is 2.13. The van der Waals surface area contributed by atoms with Crippen LogP contribution in [0.5, 0.6) is 0 Å². The number of nitrogens with one attached hydrogen (secondary N) is 1. The molecule has 0 aromatic carbocycles. The number of sulfonamides is 1. The fourth-order valence-corrected chi connectivity index (χ4v) is 3.24. The highest BCUT2D eigenvalue weighted by molar-refractivity contribution is 7.89. The molecule has 0 aliphatic carbocycles. The summed E-state index contributed by atoms with van der Waals surface area (Å²) in [6.07, 6.45) is 4.97. The van der Waals surface area contributed by atoms with Crippen LogP contribution in [0.3, 0.4) is 0 Å². The lowest BCUT2D eigenvalue weighted by atomic mass is 9.95. The molecule has 0 aromatic heterocycles. The van der Waals surface area contributed by atoms with Gasteiger partial charge < -0.3 is 5.11 Å². The topological polar surface area (TPSA) is 83.5 Å². The lowest BCUT2D eigenvalue weighted by Gasteiger charge is -2.15. The van der Waals surface area contributed by atoms with E-state index in [9.17, 15) is 13.2 Å². The van der Waals surface area contributed by atoms with E-state index in [0.717, 1.165) is 19.3 Å². The number of carbonyl (C=O) groups is 1. The second-order valence-corrected chi connectivity index (χ2v) is 6.87. The normalized spacial score (nSPS) is 13.4. The minimum absolute atomic E-state index is 0.160. The Bertz CT molecular complexity index is 341. The van der Waals surface area contributed by atoms with Gasteiger partial charge in [-0.1, -0.05) is 33.1 Å². The SMILES string of the molecule is CCCCS(=O)(=O)NCCC(CCC)CCC(=O)O. The largest absolute Gasteiger partial charge is 0.481 e. The Labute approximate surface area is 116 Å². The van der Waals surface area contributed by atoms with Crippen molar-refractivity contribution in [1.82, 2.24) is 4.72 Å². The molecule has 0 heterocycles. The van der Waals surface area contributed by atoms with Gasteiger partial charge in [0.1, 0.15) is 0 Å². The van der Waals surface area contributed by atoms with Gasteiger partial charge in [0.05, 0.1) is 5.75 Å². The first-order chi connectivity index (χ1) is 8.91. The lowest BCUT2D eigenvalue weighted by Crippen LogP contribution is -2.28. The van der Waals surface area contributed by atoms with Crippen LogP contribution in [0.2, 0.25) is 0 Å². The molecule has 0 fully saturated rings. The smallest absolute Gasteiger partial charge is 0.303 e. The highest BCUT2D eigenvalue weighted by atomic mass is 32.2. The van der Waals surface area contributed by atoms with Crippen LogP contribution in [-0.2, 0) is 14.8 Å². The zero-order valence-corrected chi connectivity index (χ0v) is 12.8. The summed E-state index contributed by atoms with van der Waals surface area (Å²) in [5.74, 6) is -0.323. The van der Waals surface area contributed by atoms with Crippen LogP contribution in [0.4, 0.5) is 0 Å². The van der Waals surface area contributed by atoms with E-state index in [0.29, 0.717) is 25.8 Å². The summed E-state index contributed by atoms with van der Waals surface area (Å²) in [6, 6.07) is 0. The van der Waals surface area contributed by atoms with Gasteiger partial charge in [0.2, 0.25) is 10.0 Å². The van der Waals surface area contributed by atoms with E-state index >= 15 is 0 Å². The molecule has 0 amide bonds. The van der Waals surface area contributed by atoms with Crippen molar-refractivity contribution in [2.45, 2.75) is 58.8 Å². The molecule has 0 rings (SSSR count). The second kappa shape index (κ2) is 10.2. The van der Waals surface area contributed by atoms with Gasteiger partial charge >= 0.3 is 5.97 Å². The average molecular weight is 293 g/mol. The molecule has 0 radical (unpaired) electrons. The van der Waals surface area contributed by atoms with Gasteiger partial charge in [0, 0.05) is 13.0 Å². The van der Waals surface area contributed by atoms with Gasteiger partial charge in [-0.15, -0.1) is 0 Å². The molecule has 6 heteroatoms. The first-order valence-electron chi connectivity index (χ1n) is 7.10. The van der Waals surface area contributed by atoms with Crippen molar-refractivity contribution in [2.24, 2.45) is 5.92 Å². The fraction of sp³-hybridized carbons (Fsp3) is 0.923. The van der Waals surface area contributed by atoms with Crippen molar-refractivity contribution >= 4 is 16.0 Å². The van der Waals surface area contributed by atoms with Crippen LogP contribution in [0, 0.1) is 5.92 Å². The summed E-state index contributed by atoms with van der Waals surface area (Å²) in [4.78, 5) is 10.5. The molecule has 19 heavy (non-hydrogen) atoms. The first kappa shape index (κ1) is 18.4. The molecule has 0 spiro atoms. The number of unbranched alkanes of at least 4 members (excludes halogenated alkanes) is 1. The van der Waals surface area contributed by atoms with Gasteiger partial charge in [0.25, 0.3) is 0 Å². The Morgan fingerprint density at radius 1 is 1.16 bits per heavy atom. The molecule has 0 saturated carbocycles. The fourth-order valence-electron chi connectivity index (χ4n) is 1.99. The molecule has 0 saturated heterocycles. The van der Waals surface area contributed by atoms with Crippen LogP contribution in [0.15, 0.2) is 0 Å². The number of aliphatic carboxylic acids is 1. The molecular weight excluding hydrogens is 266 g/mol. The van der Waals surface area contributed by atoms with Crippen molar-refractivity contribution in [3.63, 3.8) is 0 Å². The van der Waals surface area contributed by atoms with E-state index in [4.69, 9.17) is 5.11 Å².